The van der Waals surface area contributed by atoms with Gasteiger partial charge in [-0.15, -0.1) is 5.10 Å². The number of nitrogens with two attached hydrogens (primary N) is 1. The first-order valence-electron chi connectivity index (χ1n) is 7.25. The van der Waals surface area contributed by atoms with Crippen molar-refractivity contribution in [1.29, 1.82) is 0 Å². The first kappa shape index (κ1) is 15.0. The summed E-state index contributed by atoms with van der Waals surface area (Å²) in [6.45, 7) is 2.12. The molecule has 1 aliphatic heterocycles. The third-order valence-corrected chi connectivity index (χ3v) is 4.51. The lowest BCUT2D eigenvalue weighted by molar-refractivity contribution is -0.123. The fourth-order valence-electron chi connectivity index (χ4n) is 2.81. The molecule has 118 valence electrons. The van der Waals surface area contributed by atoms with Crippen molar-refractivity contribution in [2.75, 3.05) is 13.1 Å². The minimum atomic E-state index is -0.231. The molecule has 1 fully saturated rings. The number of hydrogen-bond donors (Lipinski definition) is 1. The fourth-order valence-corrected chi connectivity index (χ4v) is 2.99. The highest BCUT2D eigenvalue weighted by atomic mass is 32.1. The second-order valence-electron chi connectivity index (χ2n) is 5.60. The number of carbonyl (C=O) groups is 1. The van der Waals surface area contributed by atoms with E-state index in [1.165, 1.54) is 0 Å². The van der Waals surface area contributed by atoms with Gasteiger partial charge in [0.25, 0.3) is 0 Å². The Bertz CT molecular complexity index is 718. The number of hydrogen-bond acceptors (Lipinski definition) is 5. The van der Waals surface area contributed by atoms with Crippen molar-refractivity contribution in [1.82, 2.24) is 19.2 Å². The molecule has 0 spiro atoms. The molecular weight excluding hydrogens is 302 g/mol. The van der Waals surface area contributed by atoms with E-state index in [-0.39, 0.29) is 11.8 Å². The van der Waals surface area contributed by atoms with E-state index in [0.29, 0.717) is 29.6 Å². The van der Waals surface area contributed by atoms with Crippen LogP contribution in [0.25, 0.3) is 11.6 Å². The van der Waals surface area contributed by atoms with E-state index in [9.17, 15) is 4.79 Å². The van der Waals surface area contributed by atoms with Crippen LogP contribution in [0.4, 0.5) is 0 Å². The van der Waals surface area contributed by atoms with E-state index >= 15 is 0 Å². The van der Waals surface area contributed by atoms with E-state index < -0.39 is 0 Å². The summed E-state index contributed by atoms with van der Waals surface area (Å²) in [5.74, 6) is 1.06. The zero-order valence-corrected chi connectivity index (χ0v) is 13.3. The predicted molar refractivity (Wildman–Crippen MR) is 83.2 cm³/mol. The van der Waals surface area contributed by atoms with Gasteiger partial charge in [0.05, 0.1) is 18.8 Å². The molecule has 1 atom stereocenters. The van der Waals surface area contributed by atoms with E-state index in [0.717, 1.165) is 19.4 Å². The molecule has 7 nitrogen and oxygen atoms in total. The molecule has 2 N–H and O–H groups in total. The maximum absolute atomic E-state index is 11.4. The summed E-state index contributed by atoms with van der Waals surface area (Å²) >= 11 is 5.44. The van der Waals surface area contributed by atoms with Crippen LogP contribution in [0.15, 0.2) is 22.8 Å². The van der Waals surface area contributed by atoms with Gasteiger partial charge in [0.2, 0.25) is 5.91 Å². The number of likely N-dealkylation sites (tertiary alicyclic amines) is 1. The normalized spacial score (nSPS) is 19.4. The summed E-state index contributed by atoms with van der Waals surface area (Å²) in [4.78, 5) is 13.5. The van der Waals surface area contributed by atoms with Crippen LogP contribution in [0.2, 0.25) is 0 Å². The van der Waals surface area contributed by atoms with Gasteiger partial charge in [-0.05, 0) is 43.7 Å². The molecule has 1 saturated heterocycles. The molecule has 3 heterocycles. The lowest BCUT2D eigenvalue weighted by Crippen LogP contribution is -2.42. The van der Waals surface area contributed by atoms with Crippen LogP contribution in [0.3, 0.4) is 0 Å². The van der Waals surface area contributed by atoms with E-state index in [1.54, 1.807) is 10.9 Å². The van der Waals surface area contributed by atoms with Gasteiger partial charge in [0.1, 0.15) is 0 Å². The summed E-state index contributed by atoms with van der Waals surface area (Å²) in [6.07, 6.45) is 3.43. The maximum Gasteiger partial charge on any atom is 0.221 e. The van der Waals surface area contributed by atoms with Crippen LogP contribution in [-0.4, -0.2) is 38.2 Å². The van der Waals surface area contributed by atoms with Gasteiger partial charge in [-0.3, -0.25) is 9.69 Å². The molecule has 2 aromatic heterocycles. The van der Waals surface area contributed by atoms with Crippen LogP contribution in [0.5, 0.6) is 0 Å². The minimum Gasteiger partial charge on any atom is -0.461 e. The summed E-state index contributed by atoms with van der Waals surface area (Å²) in [5, 5.41) is 4.54. The largest absolute Gasteiger partial charge is 0.461 e. The van der Waals surface area contributed by atoms with E-state index in [1.807, 2.05) is 23.7 Å². The van der Waals surface area contributed by atoms with Gasteiger partial charge in [-0.1, -0.05) is 0 Å². The van der Waals surface area contributed by atoms with Crippen molar-refractivity contribution in [3.63, 3.8) is 0 Å². The average molecular weight is 321 g/mol. The molecule has 22 heavy (non-hydrogen) atoms. The Morgan fingerprint density at radius 3 is 3.09 bits per heavy atom. The highest BCUT2D eigenvalue weighted by molar-refractivity contribution is 7.71. The zero-order chi connectivity index (χ0) is 15.7. The molecule has 0 radical (unpaired) electrons. The molecular formula is C14H19N5O2S. The van der Waals surface area contributed by atoms with Crippen LogP contribution in [0, 0.1) is 10.7 Å². The number of piperidine rings is 1. The summed E-state index contributed by atoms with van der Waals surface area (Å²) in [6, 6.07) is 3.67. The molecule has 0 aromatic carbocycles. The molecule has 0 aliphatic carbocycles. The Labute approximate surface area is 133 Å². The van der Waals surface area contributed by atoms with Crippen molar-refractivity contribution >= 4 is 18.1 Å². The Morgan fingerprint density at radius 2 is 2.41 bits per heavy atom. The Morgan fingerprint density at radius 1 is 1.59 bits per heavy atom. The van der Waals surface area contributed by atoms with Gasteiger partial charge in [0, 0.05) is 13.6 Å². The summed E-state index contributed by atoms with van der Waals surface area (Å²) < 4.78 is 9.59. The quantitative estimate of drug-likeness (QED) is 0.860. The number of nitrogens with zero attached hydrogens (tertiary/aromatic N) is 4. The Balaban J connectivity index is 1.80. The van der Waals surface area contributed by atoms with Crippen molar-refractivity contribution in [2.45, 2.75) is 19.5 Å². The van der Waals surface area contributed by atoms with Crippen molar-refractivity contribution in [3.05, 3.63) is 23.2 Å². The first-order chi connectivity index (χ1) is 10.6. The lowest BCUT2D eigenvalue weighted by Gasteiger charge is -2.30. The third kappa shape index (κ3) is 2.84. The number of furan rings is 1. The van der Waals surface area contributed by atoms with Crippen LogP contribution in [0.1, 0.15) is 12.8 Å². The maximum atomic E-state index is 11.4. The van der Waals surface area contributed by atoms with Gasteiger partial charge in [-0.2, -0.15) is 0 Å². The summed E-state index contributed by atoms with van der Waals surface area (Å²) in [5.41, 5.74) is 5.42. The monoisotopic (exact) mass is 321 g/mol. The van der Waals surface area contributed by atoms with Crippen molar-refractivity contribution in [3.8, 4) is 11.6 Å². The van der Waals surface area contributed by atoms with E-state index in [2.05, 4.69) is 10.00 Å². The molecule has 2 aromatic rings. The molecule has 1 aliphatic rings. The Kier molecular flexibility index (Phi) is 4.12. The van der Waals surface area contributed by atoms with Crippen LogP contribution in [-0.2, 0) is 18.5 Å². The molecule has 1 unspecified atom stereocenters. The Hall–Kier alpha value is -1.93. The minimum absolute atomic E-state index is 0.0869. The predicted octanol–water partition coefficient (Wildman–Crippen LogP) is 1.37. The molecule has 8 heteroatoms. The van der Waals surface area contributed by atoms with Crippen molar-refractivity contribution < 1.29 is 9.21 Å². The van der Waals surface area contributed by atoms with Crippen LogP contribution >= 0.6 is 12.2 Å². The molecule has 0 saturated carbocycles. The highest BCUT2D eigenvalue weighted by Crippen LogP contribution is 2.20. The lowest BCUT2D eigenvalue weighted by atomic mass is 9.98. The highest BCUT2D eigenvalue weighted by Gasteiger charge is 2.24. The molecule has 1 amide bonds. The standard InChI is InChI=1S/C14H19N5O2S/c1-17-13(11-5-3-7-21-11)16-19(14(17)22)9-18-6-2-4-10(8-18)12(15)20/h3,5,7,10H,2,4,6,8-9H2,1H3,(H2,15,20). The topological polar surface area (TPSA) is 82.2 Å². The number of amides is 1. The second kappa shape index (κ2) is 6.05. The first-order valence-corrected chi connectivity index (χ1v) is 7.66. The number of primary amides is 1. The zero-order valence-electron chi connectivity index (χ0n) is 12.4. The number of rotatable bonds is 4. The second-order valence-corrected chi connectivity index (χ2v) is 5.97. The van der Waals surface area contributed by atoms with Crippen molar-refractivity contribution in [2.24, 2.45) is 18.7 Å². The smallest absolute Gasteiger partial charge is 0.221 e. The van der Waals surface area contributed by atoms with Gasteiger partial charge in [0.15, 0.2) is 16.4 Å². The SMILES string of the molecule is Cn1c(-c2ccco2)nn(CN2CCCC(C(N)=O)C2)c1=S. The van der Waals surface area contributed by atoms with Gasteiger partial charge in [-0.25, -0.2) is 4.68 Å². The molecule has 3 rings (SSSR count). The molecule has 0 bridgehead atoms. The average Bonchev–Trinajstić information content (AvgIpc) is 3.12. The third-order valence-electron chi connectivity index (χ3n) is 4.02. The van der Waals surface area contributed by atoms with Crippen LogP contribution < -0.4 is 5.73 Å². The summed E-state index contributed by atoms with van der Waals surface area (Å²) in [7, 11) is 1.87. The van der Waals surface area contributed by atoms with Gasteiger partial charge >= 0.3 is 0 Å². The number of aromatic nitrogens is 3. The number of carbonyl (C=O) groups excluding carboxylic acids is 1. The van der Waals surface area contributed by atoms with E-state index in [4.69, 9.17) is 22.4 Å². The van der Waals surface area contributed by atoms with Gasteiger partial charge < -0.3 is 14.7 Å². The fraction of sp³-hybridized carbons (Fsp3) is 0.500.